The van der Waals surface area contributed by atoms with Gasteiger partial charge in [-0.15, -0.1) is 0 Å². The Morgan fingerprint density at radius 3 is 3.00 bits per heavy atom. The second kappa shape index (κ2) is 6.16. The highest BCUT2D eigenvalue weighted by Crippen LogP contribution is 2.20. The number of hydrogen-bond donors (Lipinski definition) is 1. The lowest BCUT2D eigenvalue weighted by atomic mass is 9.95. The molecule has 3 nitrogen and oxygen atoms in total. The Morgan fingerprint density at radius 2 is 2.32 bits per heavy atom. The lowest BCUT2D eigenvalue weighted by Crippen LogP contribution is -2.46. The number of nitrogens with zero attached hydrogens (tertiary/aromatic N) is 1. The first kappa shape index (κ1) is 14.7. The molecule has 0 spiro atoms. The summed E-state index contributed by atoms with van der Waals surface area (Å²) in [6.45, 7) is 4.23. The lowest BCUT2D eigenvalue weighted by Gasteiger charge is -2.36. The number of Topliss-reactive ketones (excluding diaryl/α,β-unsaturated/α-hetero) is 1. The monoisotopic (exact) mass is 325 g/mol. The van der Waals surface area contributed by atoms with E-state index in [9.17, 15) is 9.90 Å². The first-order valence-corrected chi connectivity index (χ1v) is 7.49. The van der Waals surface area contributed by atoms with Crippen molar-refractivity contribution in [3.05, 3.63) is 34.3 Å². The first-order valence-electron chi connectivity index (χ1n) is 6.70. The van der Waals surface area contributed by atoms with Crippen LogP contribution in [0, 0.1) is 0 Å². The molecular weight excluding hydrogens is 306 g/mol. The summed E-state index contributed by atoms with van der Waals surface area (Å²) in [6, 6.07) is 7.50. The molecule has 4 heteroatoms. The molecule has 1 unspecified atom stereocenters. The average Bonchev–Trinajstić information content (AvgIpc) is 2.35. The number of hydrogen-bond acceptors (Lipinski definition) is 3. The van der Waals surface area contributed by atoms with Crippen LogP contribution in [0.3, 0.4) is 0 Å². The Balaban J connectivity index is 1.87. The van der Waals surface area contributed by atoms with Crippen LogP contribution in [0.1, 0.15) is 36.5 Å². The largest absolute Gasteiger partial charge is 0.389 e. The molecule has 19 heavy (non-hydrogen) atoms. The number of carbonyl (C=O) groups is 1. The fraction of sp³-hybridized carbons (Fsp3) is 0.533. The minimum atomic E-state index is -0.600. The number of piperidine rings is 1. The maximum absolute atomic E-state index is 12.1. The molecule has 1 aliphatic rings. The number of aliphatic hydroxyl groups is 1. The number of likely N-dealkylation sites (tertiary alicyclic amines) is 1. The molecule has 1 aromatic rings. The van der Waals surface area contributed by atoms with E-state index in [1.165, 1.54) is 0 Å². The Morgan fingerprint density at radius 1 is 1.53 bits per heavy atom. The average molecular weight is 326 g/mol. The minimum absolute atomic E-state index is 0.159. The highest BCUT2D eigenvalue weighted by Gasteiger charge is 2.28. The van der Waals surface area contributed by atoms with Crippen LogP contribution < -0.4 is 0 Å². The Labute approximate surface area is 122 Å². The topological polar surface area (TPSA) is 40.5 Å². The normalized spacial score (nSPS) is 24.4. The molecule has 1 N–H and O–H groups in total. The lowest BCUT2D eigenvalue weighted by molar-refractivity contribution is -0.0153. The summed E-state index contributed by atoms with van der Waals surface area (Å²) < 4.78 is 0.930. The van der Waals surface area contributed by atoms with Crippen LogP contribution in [0.25, 0.3) is 0 Å². The third-order valence-electron chi connectivity index (χ3n) is 3.56. The number of benzene rings is 1. The van der Waals surface area contributed by atoms with Crippen molar-refractivity contribution in [1.82, 2.24) is 4.90 Å². The molecular formula is C15H20BrNO2. The van der Waals surface area contributed by atoms with E-state index in [2.05, 4.69) is 20.8 Å². The van der Waals surface area contributed by atoms with Crippen molar-refractivity contribution in [2.75, 3.05) is 19.6 Å². The summed E-state index contributed by atoms with van der Waals surface area (Å²) in [5.74, 6) is 0.159. The van der Waals surface area contributed by atoms with Gasteiger partial charge >= 0.3 is 0 Å². The van der Waals surface area contributed by atoms with Gasteiger partial charge in [0, 0.05) is 29.5 Å². The van der Waals surface area contributed by atoms with Gasteiger partial charge in [0.2, 0.25) is 0 Å². The zero-order chi connectivity index (χ0) is 13.9. The first-order chi connectivity index (χ1) is 8.96. The van der Waals surface area contributed by atoms with E-state index in [1.54, 1.807) is 0 Å². The fourth-order valence-electron chi connectivity index (χ4n) is 2.58. The zero-order valence-electron chi connectivity index (χ0n) is 11.2. The third kappa shape index (κ3) is 4.41. The third-order valence-corrected chi connectivity index (χ3v) is 4.05. The number of carbonyl (C=O) groups excluding carboxylic acids is 1. The molecule has 0 aromatic heterocycles. The van der Waals surface area contributed by atoms with Crippen molar-refractivity contribution < 1.29 is 9.90 Å². The van der Waals surface area contributed by atoms with Gasteiger partial charge in [-0.1, -0.05) is 28.1 Å². The van der Waals surface area contributed by atoms with Crippen molar-refractivity contribution in [3.63, 3.8) is 0 Å². The van der Waals surface area contributed by atoms with Crippen LogP contribution in [0.15, 0.2) is 28.7 Å². The van der Waals surface area contributed by atoms with Crippen molar-refractivity contribution in [2.45, 2.75) is 31.8 Å². The molecule has 1 atom stereocenters. The molecule has 1 aliphatic heterocycles. The van der Waals surface area contributed by atoms with E-state index in [0.717, 1.165) is 36.0 Å². The molecule has 0 bridgehead atoms. The molecule has 0 saturated carbocycles. The molecule has 1 heterocycles. The SMILES string of the molecule is CC1(O)CCCN(CCC(=O)c2cccc(Br)c2)C1. The van der Waals surface area contributed by atoms with Gasteiger partial charge in [0.15, 0.2) is 5.78 Å². The van der Waals surface area contributed by atoms with E-state index in [0.29, 0.717) is 13.0 Å². The molecule has 1 saturated heterocycles. The van der Waals surface area contributed by atoms with Gasteiger partial charge in [0.05, 0.1) is 5.60 Å². The van der Waals surface area contributed by atoms with E-state index >= 15 is 0 Å². The van der Waals surface area contributed by atoms with Gasteiger partial charge in [-0.3, -0.25) is 4.79 Å². The summed E-state index contributed by atoms with van der Waals surface area (Å²) in [4.78, 5) is 14.3. The standard InChI is InChI=1S/C15H20BrNO2/c1-15(19)7-3-8-17(11-15)9-6-14(18)12-4-2-5-13(16)10-12/h2,4-5,10,19H,3,6-9,11H2,1H3. The molecule has 2 rings (SSSR count). The molecule has 1 fully saturated rings. The van der Waals surface area contributed by atoms with Gasteiger partial charge < -0.3 is 10.0 Å². The van der Waals surface area contributed by atoms with Crippen LogP contribution in [0.5, 0.6) is 0 Å². The summed E-state index contributed by atoms with van der Waals surface area (Å²) in [5.41, 5.74) is 0.148. The van der Waals surface area contributed by atoms with E-state index < -0.39 is 5.60 Å². The molecule has 104 valence electrons. The van der Waals surface area contributed by atoms with Gasteiger partial charge in [-0.2, -0.15) is 0 Å². The van der Waals surface area contributed by atoms with Gasteiger partial charge in [-0.25, -0.2) is 0 Å². The Hall–Kier alpha value is -0.710. The summed E-state index contributed by atoms with van der Waals surface area (Å²) >= 11 is 3.38. The quantitative estimate of drug-likeness (QED) is 0.865. The van der Waals surface area contributed by atoms with Crippen LogP contribution in [-0.2, 0) is 0 Å². The van der Waals surface area contributed by atoms with Crippen molar-refractivity contribution >= 4 is 21.7 Å². The van der Waals surface area contributed by atoms with E-state index in [1.807, 2.05) is 31.2 Å². The van der Waals surface area contributed by atoms with Gasteiger partial charge in [0.1, 0.15) is 0 Å². The second-order valence-electron chi connectivity index (χ2n) is 5.56. The number of rotatable bonds is 4. The zero-order valence-corrected chi connectivity index (χ0v) is 12.8. The van der Waals surface area contributed by atoms with Crippen molar-refractivity contribution in [3.8, 4) is 0 Å². The van der Waals surface area contributed by atoms with E-state index in [-0.39, 0.29) is 5.78 Å². The maximum atomic E-state index is 12.1. The van der Waals surface area contributed by atoms with Crippen molar-refractivity contribution in [2.24, 2.45) is 0 Å². The smallest absolute Gasteiger partial charge is 0.164 e. The van der Waals surface area contributed by atoms with Crippen LogP contribution >= 0.6 is 15.9 Å². The van der Waals surface area contributed by atoms with Gasteiger partial charge in [-0.05, 0) is 38.4 Å². The minimum Gasteiger partial charge on any atom is -0.389 e. The Kier molecular flexibility index (Phi) is 4.76. The number of halogens is 1. The van der Waals surface area contributed by atoms with Crippen molar-refractivity contribution in [1.29, 1.82) is 0 Å². The predicted molar refractivity (Wildman–Crippen MR) is 79.4 cm³/mol. The summed E-state index contributed by atoms with van der Waals surface area (Å²) in [7, 11) is 0. The highest BCUT2D eigenvalue weighted by atomic mass is 79.9. The summed E-state index contributed by atoms with van der Waals surface area (Å²) in [5, 5.41) is 10.0. The van der Waals surface area contributed by atoms with Crippen LogP contribution in [0.4, 0.5) is 0 Å². The number of ketones is 1. The highest BCUT2D eigenvalue weighted by molar-refractivity contribution is 9.10. The molecule has 1 aromatic carbocycles. The van der Waals surface area contributed by atoms with Gasteiger partial charge in [0.25, 0.3) is 0 Å². The molecule has 0 radical (unpaired) electrons. The maximum Gasteiger partial charge on any atom is 0.164 e. The predicted octanol–water partition coefficient (Wildman–Crippen LogP) is 2.87. The second-order valence-corrected chi connectivity index (χ2v) is 6.48. The Bertz CT molecular complexity index is 459. The fourth-order valence-corrected chi connectivity index (χ4v) is 2.98. The molecule has 0 aliphatic carbocycles. The molecule has 0 amide bonds. The summed E-state index contributed by atoms with van der Waals surface area (Å²) in [6.07, 6.45) is 2.35. The van der Waals surface area contributed by atoms with Crippen LogP contribution in [-0.4, -0.2) is 41.0 Å². The van der Waals surface area contributed by atoms with E-state index in [4.69, 9.17) is 0 Å². The number of β-amino-alcohol motifs (C(OH)–C–C–N with tert-alkyl or cyclic N) is 1. The van der Waals surface area contributed by atoms with Crippen LogP contribution in [0.2, 0.25) is 0 Å².